The fraction of sp³-hybridized carbons (Fsp3) is 0.588. The number of urea groups is 1. The van der Waals surface area contributed by atoms with Gasteiger partial charge in [-0.1, -0.05) is 6.92 Å². The molecule has 0 saturated heterocycles. The number of amides is 2. The molecule has 1 aliphatic carbocycles. The van der Waals surface area contributed by atoms with E-state index in [2.05, 4.69) is 10.6 Å². The molecule has 4 nitrogen and oxygen atoms in total. The van der Waals surface area contributed by atoms with Crippen molar-refractivity contribution in [3.8, 4) is 0 Å². The minimum Gasteiger partial charge on any atom is -0.396 e. The molecule has 0 heterocycles. The summed E-state index contributed by atoms with van der Waals surface area (Å²) >= 11 is 0. The number of aliphatic hydroxyl groups excluding tert-OH is 1. The minimum absolute atomic E-state index is 0.0627. The number of nitrogens with one attached hydrogen (secondary N) is 2. The van der Waals surface area contributed by atoms with Gasteiger partial charge in [0.2, 0.25) is 0 Å². The van der Waals surface area contributed by atoms with Crippen LogP contribution in [0.1, 0.15) is 50.6 Å². The molecule has 1 aromatic rings. The van der Waals surface area contributed by atoms with Crippen molar-refractivity contribution in [1.29, 1.82) is 0 Å². The van der Waals surface area contributed by atoms with Crippen LogP contribution in [0.4, 0.5) is 13.6 Å². The number of aliphatic hydroxyl groups is 1. The number of hydrogen-bond donors (Lipinski definition) is 3. The molecule has 0 radical (unpaired) electrons. The Kier molecular flexibility index (Phi) is 6.33. The molecule has 2 rings (SSSR count). The lowest BCUT2D eigenvalue weighted by molar-refractivity contribution is 0.174. The highest BCUT2D eigenvalue weighted by molar-refractivity contribution is 5.74. The fourth-order valence-corrected chi connectivity index (χ4v) is 3.06. The first kappa shape index (κ1) is 17.7. The average molecular weight is 326 g/mol. The predicted molar refractivity (Wildman–Crippen MR) is 83.9 cm³/mol. The van der Waals surface area contributed by atoms with Gasteiger partial charge in [-0.2, -0.15) is 0 Å². The van der Waals surface area contributed by atoms with Crippen molar-refractivity contribution in [3.05, 3.63) is 35.4 Å². The maximum atomic E-state index is 13.8. The molecular formula is C17H24F2N2O2. The number of carbonyl (C=O) groups is 1. The van der Waals surface area contributed by atoms with Crippen molar-refractivity contribution in [2.24, 2.45) is 5.92 Å². The Morgan fingerprint density at radius 1 is 1.30 bits per heavy atom. The van der Waals surface area contributed by atoms with Crippen molar-refractivity contribution >= 4 is 6.03 Å². The van der Waals surface area contributed by atoms with E-state index in [4.69, 9.17) is 5.11 Å². The molecule has 6 heteroatoms. The Morgan fingerprint density at radius 2 is 2.00 bits per heavy atom. The van der Waals surface area contributed by atoms with E-state index in [9.17, 15) is 13.6 Å². The normalized spacial score (nSPS) is 22.4. The molecule has 2 amide bonds. The van der Waals surface area contributed by atoms with Gasteiger partial charge in [-0.15, -0.1) is 0 Å². The summed E-state index contributed by atoms with van der Waals surface area (Å²) in [6.45, 7) is 2.00. The quantitative estimate of drug-likeness (QED) is 0.778. The van der Waals surface area contributed by atoms with E-state index in [-0.39, 0.29) is 24.2 Å². The van der Waals surface area contributed by atoms with Crippen molar-refractivity contribution in [3.63, 3.8) is 0 Å². The molecule has 1 saturated carbocycles. The van der Waals surface area contributed by atoms with Crippen LogP contribution in [0.2, 0.25) is 0 Å². The summed E-state index contributed by atoms with van der Waals surface area (Å²) in [5, 5.41) is 14.7. The van der Waals surface area contributed by atoms with Gasteiger partial charge < -0.3 is 15.7 Å². The largest absolute Gasteiger partial charge is 0.396 e. The van der Waals surface area contributed by atoms with Crippen molar-refractivity contribution in [1.82, 2.24) is 10.6 Å². The predicted octanol–water partition coefficient (Wildman–Crippen LogP) is 3.27. The fourth-order valence-electron chi connectivity index (χ4n) is 3.06. The highest BCUT2D eigenvalue weighted by atomic mass is 19.1. The number of carbonyl (C=O) groups excluding carboxylic acids is 1. The van der Waals surface area contributed by atoms with Gasteiger partial charge in [-0.05, 0) is 56.2 Å². The lowest BCUT2D eigenvalue weighted by Gasteiger charge is -2.29. The summed E-state index contributed by atoms with van der Waals surface area (Å²) in [4.78, 5) is 12.1. The highest BCUT2D eigenvalue weighted by Gasteiger charge is 2.23. The first-order chi connectivity index (χ1) is 11.0. The topological polar surface area (TPSA) is 61.4 Å². The first-order valence-corrected chi connectivity index (χ1v) is 8.16. The smallest absolute Gasteiger partial charge is 0.315 e. The summed E-state index contributed by atoms with van der Waals surface area (Å²) < 4.78 is 27.1. The Hall–Kier alpha value is -1.69. The monoisotopic (exact) mass is 326 g/mol. The molecule has 1 fully saturated rings. The molecule has 1 aliphatic rings. The standard InChI is InChI=1S/C17H24F2N2O2/c1-2-16(14-9-12(18)5-8-15(14)19)21-17(23)20-13-6-3-11(10-22)4-7-13/h5,8-9,11,13,16,22H,2-4,6-7,10H2,1H3,(H2,20,21,23). The molecule has 1 atom stereocenters. The van der Waals surface area contributed by atoms with Crippen molar-refractivity contribution < 1.29 is 18.7 Å². The van der Waals surface area contributed by atoms with Crippen LogP contribution in [0.5, 0.6) is 0 Å². The number of rotatable bonds is 5. The van der Waals surface area contributed by atoms with E-state index >= 15 is 0 Å². The van der Waals surface area contributed by atoms with Crippen LogP contribution in [0.3, 0.4) is 0 Å². The Bertz CT molecular complexity index is 531. The number of halogens is 2. The van der Waals surface area contributed by atoms with Crippen molar-refractivity contribution in [2.75, 3.05) is 6.61 Å². The van der Waals surface area contributed by atoms with Crippen LogP contribution in [0.15, 0.2) is 18.2 Å². The second-order valence-corrected chi connectivity index (χ2v) is 6.14. The lowest BCUT2D eigenvalue weighted by atomic mass is 9.87. The third-order valence-electron chi connectivity index (χ3n) is 4.49. The van der Waals surface area contributed by atoms with E-state index in [1.54, 1.807) is 0 Å². The second-order valence-electron chi connectivity index (χ2n) is 6.14. The first-order valence-electron chi connectivity index (χ1n) is 8.16. The van der Waals surface area contributed by atoms with E-state index in [1.165, 1.54) is 0 Å². The van der Waals surface area contributed by atoms with Crippen LogP contribution in [-0.4, -0.2) is 23.8 Å². The summed E-state index contributed by atoms with van der Waals surface area (Å²) in [6, 6.07) is 2.38. The van der Waals surface area contributed by atoms with Gasteiger partial charge in [0.05, 0.1) is 6.04 Å². The second kappa shape index (κ2) is 8.24. The Labute approximate surface area is 135 Å². The van der Waals surface area contributed by atoms with Gasteiger partial charge in [0.25, 0.3) is 0 Å². The van der Waals surface area contributed by atoms with Gasteiger partial charge in [-0.25, -0.2) is 13.6 Å². The minimum atomic E-state index is -0.570. The zero-order valence-corrected chi connectivity index (χ0v) is 13.3. The number of benzene rings is 1. The number of hydrogen-bond acceptors (Lipinski definition) is 2. The van der Waals surface area contributed by atoms with Gasteiger partial charge in [0.15, 0.2) is 0 Å². The molecule has 1 unspecified atom stereocenters. The van der Waals surface area contributed by atoms with Crippen molar-refractivity contribution in [2.45, 2.75) is 51.1 Å². The Balaban J connectivity index is 1.91. The lowest BCUT2D eigenvalue weighted by Crippen LogP contribution is -2.45. The van der Waals surface area contributed by atoms with E-state index in [0.717, 1.165) is 43.9 Å². The van der Waals surface area contributed by atoms with E-state index in [1.807, 2.05) is 6.92 Å². The van der Waals surface area contributed by atoms with Crippen LogP contribution in [0, 0.1) is 17.6 Å². The SMILES string of the molecule is CCC(NC(=O)NC1CCC(CO)CC1)c1cc(F)ccc1F. The van der Waals surface area contributed by atoms with Gasteiger partial charge in [0.1, 0.15) is 11.6 Å². The summed E-state index contributed by atoms with van der Waals surface area (Å²) in [5.74, 6) is -0.729. The molecule has 0 bridgehead atoms. The summed E-state index contributed by atoms with van der Waals surface area (Å²) in [7, 11) is 0. The summed E-state index contributed by atoms with van der Waals surface area (Å²) in [6.07, 6.45) is 3.88. The zero-order chi connectivity index (χ0) is 16.8. The zero-order valence-electron chi connectivity index (χ0n) is 13.3. The van der Waals surface area contributed by atoms with Gasteiger partial charge >= 0.3 is 6.03 Å². The maximum Gasteiger partial charge on any atom is 0.315 e. The molecule has 0 aromatic heterocycles. The van der Waals surface area contributed by atoms with Crippen LogP contribution in [-0.2, 0) is 0 Å². The third-order valence-corrected chi connectivity index (χ3v) is 4.49. The molecule has 0 aliphatic heterocycles. The van der Waals surface area contributed by atoms with Crippen LogP contribution >= 0.6 is 0 Å². The van der Waals surface area contributed by atoms with Gasteiger partial charge in [0, 0.05) is 18.2 Å². The van der Waals surface area contributed by atoms with Crippen LogP contribution in [0.25, 0.3) is 0 Å². The van der Waals surface area contributed by atoms with E-state index in [0.29, 0.717) is 12.3 Å². The Morgan fingerprint density at radius 3 is 2.61 bits per heavy atom. The molecule has 23 heavy (non-hydrogen) atoms. The molecule has 1 aromatic carbocycles. The maximum absolute atomic E-state index is 13.8. The molecule has 0 spiro atoms. The van der Waals surface area contributed by atoms with E-state index < -0.39 is 17.7 Å². The van der Waals surface area contributed by atoms with Crippen LogP contribution < -0.4 is 10.6 Å². The molecular weight excluding hydrogens is 302 g/mol. The molecule has 3 N–H and O–H groups in total. The highest BCUT2D eigenvalue weighted by Crippen LogP contribution is 2.24. The van der Waals surface area contributed by atoms with Gasteiger partial charge in [-0.3, -0.25) is 0 Å². The summed E-state index contributed by atoms with van der Waals surface area (Å²) in [5.41, 5.74) is 0.159. The third kappa shape index (κ3) is 4.89. The average Bonchev–Trinajstić information content (AvgIpc) is 2.55. The molecule has 128 valence electrons.